The van der Waals surface area contributed by atoms with Crippen LogP contribution in [0, 0.1) is 0 Å². The van der Waals surface area contributed by atoms with Crippen LogP contribution in [0.1, 0.15) is 56.1 Å². The van der Waals surface area contributed by atoms with E-state index in [4.69, 9.17) is 4.74 Å². The fraction of sp³-hybridized carbons (Fsp3) is 0.680. The van der Waals surface area contributed by atoms with Crippen molar-refractivity contribution in [3.05, 3.63) is 35.4 Å². The van der Waals surface area contributed by atoms with Crippen LogP contribution < -0.4 is 10.6 Å². The summed E-state index contributed by atoms with van der Waals surface area (Å²) in [6.07, 6.45) is 7.79. The molecule has 1 aromatic carbocycles. The molecule has 0 spiro atoms. The number of carbonyl (C=O) groups is 1. The van der Waals surface area contributed by atoms with Crippen molar-refractivity contribution in [2.45, 2.75) is 63.6 Å². The van der Waals surface area contributed by atoms with Crippen LogP contribution in [-0.4, -0.2) is 73.6 Å². The van der Waals surface area contributed by atoms with Crippen LogP contribution in [0.25, 0.3) is 0 Å². The topological polar surface area (TPSA) is 69.2 Å². The maximum atomic E-state index is 12.6. The average molecular weight is 442 g/mol. The molecule has 0 aromatic heterocycles. The van der Waals surface area contributed by atoms with Crippen molar-refractivity contribution >= 4 is 11.9 Å². The lowest BCUT2D eigenvalue weighted by Gasteiger charge is -2.48. The first-order valence-corrected chi connectivity index (χ1v) is 12.3. The monoisotopic (exact) mass is 441 g/mol. The molecule has 0 atom stereocenters. The number of benzene rings is 1. The van der Waals surface area contributed by atoms with E-state index < -0.39 is 0 Å². The van der Waals surface area contributed by atoms with Gasteiger partial charge in [-0.25, -0.2) is 0 Å². The first-order chi connectivity index (χ1) is 15.7. The maximum Gasteiger partial charge on any atom is 0.223 e. The van der Waals surface area contributed by atoms with Crippen molar-refractivity contribution in [1.82, 2.24) is 20.4 Å². The van der Waals surface area contributed by atoms with Crippen LogP contribution in [0.2, 0.25) is 0 Å². The van der Waals surface area contributed by atoms with Crippen molar-refractivity contribution < 1.29 is 9.53 Å². The summed E-state index contributed by atoms with van der Waals surface area (Å²) in [6.45, 7) is 6.88. The molecule has 7 heteroatoms. The van der Waals surface area contributed by atoms with Crippen LogP contribution in [0.4, 0.5) is 0 Å². The Morgan fingerprint density at radius 2 is 1.75 bits per heavy atom. The number of ether oxygens (including phenoxy) is 1. The minimum atomic E-state index is 0.209. The van der Waals surface area contributed by atoms with Crippen molar-refractivity contribution in [2.75, 3.05) is 46.4 Å². The van der Waals surface area contributed by atoms with Crippen molar-refractivity contribution in [3.63, 3.8) is 0 Å². The third kappa shape index (κ3) is 5.62. The molecule has 32 heavy (non-hydrogen) atoms. The number of morpholine rings is 1. The van der Waals surface area contributed by atoms with Gasteiger partial charge in [0.2, 0.25) is 5.91 Å². The van der Waals surface area contributed by atoms with E-state index in [0.29, 0.717) is 6.42 Å². The standard InChI is InChI=1S/C25H39N5O2/c1-26-24(28-20-25(11-5-2-6-12-25)30-14-16-32-17-15-30)27-13-7-10-23(31)29-18-21-8-3-4-9-22(21)19-29/h3-4,8-9H,2,5-7,10-20H2,1H3,(H2,26,27,28). The lowest BCUT2D eigenvalue weighted by Crippen LogP contribution is -2.60. The second-order valence-electron chi connectivity index (χ2n) is 9.36. The summed E-state index contributed by atoms with van der Waals surface area (Å²) < 4.78 is 5.59. The number of nitrogens with one attached hydrogen (secondary N) is 2. The molecule has 1 amide bonds. The number of amides is 1. The number of hydrogen-bond acceptors (Lipinski definition) is 4. The Morgan fingerprint density at radius 1 is 1.06 bits per heavy atom. The molecule has 2 heterocycles. The molecule has 3 aliphatic rings. The van der Waals surface area contributed by atoms with Crippen LogP contribution in [-0.2, 0) is 22.6 Å². The van der Waals surface area contributed by atoms with Crippen LogP contribution in [0.3, 0.4) is 0 Å². The molecule has 0 radical (unpaired) electrons. The normalized spacial score (nSPS) is 21.3. The molecule has 2 fully saturated rings. The lowest BCUT2D eigenvalue weighted by molar-refractivity contribution is -0.131. The van der Waals surface area contributed by atoms with Crippen LogP contribution in [0.5, 0.6) is 0 Å². The van der Waals surface area contributed by atoms with Crippen molar-refractivity contribution in [2.24, 2.45) is 4.99 Å². The minimum Gasteiger partial charge on any atom is -0.379 e. The van der Waals surface area contributed by atoms with Crippen molar-refractivity contribution in [1.29, 1.82) is 0 Å². The summed E-state index contributed by atoms with van der Waals surface area (Å²) in [5.74, 6) is 1.07. The Bertz CT molecular complexity index is 759. The summed E-state index contributed by atoms with van der Waals surface area (Å²) in [7, 11) is 1.82. The fourth-order valence-electron chi connectivity index (χ4n) is 5.44. The van der Waals surface area contributed by atoms with Gasteiger partial charge < -0.3 is 20.3 Å². The summed E-state index contributed by atoms with van der Waals surface area (Å²) in [6, 6.07) is 8.34. The molecule has 7 nitrogen and oxygen atoms in total. The van der Waals surface area contributed by atoms with Gasteiger partial charge in [0.15, 0.2) is 5.96 Å². The minimum absolute atomic E-state index is 0.209. The average Bonchev–Trinajstić information content (AvgIpc) is 3.29. The Morgan fingerprint density at radius 3 is 2.41 bits per heavy atom. The molecule has 0 unspecified atom stereocenters. The van der Waals surface area contributed by atoms with Gasteiger partial charge in [0, 0.05) is 58.3 Å². The lowest BCUT2D eigenvalue weighted by atomic mass is 9.80. The van der Waals surface area contributed by atoms with E-state index in [2.05, 4.69) is 32.7 Å². The zero-order chi connectivity index (χ0) is 22.2. The van der Waals surface area contributed by atoms with Gasteiger partial charge in [0.25, 0.3) is 0 Å². The molecular formula is C25H39N5O2. The number of carbonyl (C=O) groups excluding carboxylic acids is 1. The molecule has 2 N–H and O–H groups in total. The highest BCUT2D eigenvalue weighted by molar-refractivity contribution is 5.80. The quantitative estimate of drug-likeness (QED) is 0.387. The van der Waals surface area contributed by atoms with Gasteiger partial charge >= 0.3 is 0 Å². The van der Waals surface area contributed by atoms with E-state index in [1.165, 1.54) is 43.2 Å². The van der Waals surface area contributed by atoms with Crippen molar-refractivity contribution in [3.8, 4) is 0 Å². The Balaban J connectivity index is 1.20. The number of hydrogen-bond donors (Lipinski definition) is 2. The second-order valence-corrected chi connectivity index (χ2v) is 9.36. The number of guanidine groups is 1. The molecule has 1 aliphatic carbocycles. The SMILES string of the molecule is CN=C(NCCCC(=O)N1Cc2ccccc2C1)NCC1(N2CCOCC2)CCCCC1. The molecular weight excluding hydrogens is 402 g/mol. The third-order valence-electron chi connectivity index (χ3n) is 7.33. The van der Waals surface area contributed by atoms with Gasteiger partial charge in [0.1, 0.15) is 0 Å². The van der Waals surface area contributed by atoms with E-state index in [1.54, 1.807) is 0 Å². The molecule has 0 bridgehead atoms. The molecule has 1 aromatic rings. The zero-order valence-electron chi connectivity index (χ0n) is 19.6. The van der Waals surface area contributed by atoms with Crippen LogP contribution >= 0.6 is 0 Å². The number of rotatable bonds is 7. The van der Waals surface area contributed by atoms with E-state index in [0.717, 1.165) is 64.9 Å². The van der Waals surface area contributed by atoms with E-state index in [1.807, 2.05) is 24.1 Å². The number of fused-ring (bicyclic) bond motifs is 1. The maximum absolute atomic E-state index is 12.6. The highest BCUT2D eigenvalue weighted by Gasteiger charge is 2.38. The van der Waals surface area contributed by atoms with Gasteiger partial charge in [-0.2, -0.15) is 0 Å². The smallest absolute Gasteiger partial charge is 0.223 e. The Kier molecular flexibility index (Phi) is 8.03. The van der Waals surface area contributed by atoms with Gasteiger partial charge in [-0.15, -0.1) is 0 Å². The summed E-state index contributed by atoms with van der Waals surface area (Å²) in [5.41, 5.74) is 2.77. The van der Waals surface area contributed by atoms with E-state index >= 15 is 0 Å². The largest absolute Gasteiger partial charge is 0.379 e. The first-order valence-electron chi connectivity index (χ1n) is 12.3. The number of aliphatic imine (C=N–C) groups is 1. The molecule has 2 aliphatic heterocycles. The number of nitrogens with zero attached hydrogens (tertiary/aromatic N) is 3. The Labute approximate surface area is 192 Å². The van der Waals surface area contributed by atoms with Crippen LogP contribution in [0.15, 0.2) is 29.3 Å². The molecule has 1 saturated carbocycles. The third-order valence-corrected chi connectivity index (χ3v) is 7.33. The van der Waals surface area contributed by atoms with Gasteiger partial charge in [0.05, 0.1) is 13.2 Å². The molecule has 1 saturated heterocycles. The van der Waals surface area contributed by atoms with Gasteiger partial charge in [-0.05, 0) is 30.4 Å². The second kappa shape index (κ2) is 11.1. The molecule has 176 valence electrons. The summed E-state index contributed by atoms with van der Waals surface area (Å²) in [5, 5.41) is 7.01. The fourth-order valence-corrected chi connectivity index (χ4v) is 5.44. The highest BCUT2D eigenvalue weighted by atomic mass is 16.5. The van der Waals surface area contributed by atoms with E-state index in [-0.39, 0.29) is 11.4 Å². The highest BCUT2D eigenvalue weighted by Crippen LogP contribution is 2.33. The summed E-state index contributed by atoms with van der Waals surface area (Å²) in [4.78, 5) is 21.6. The Hall–Kier alpha value is -2.12. The van der Waals surface area contributed by atoms with Gasteiger partial charge in [-0.1, -0.05) is 43.5 Å². The molecule has 4 rings (SSSR count). The predicted octanol–water partition coefficient (Wildman–Crippen LogP) is 2.51. The zero-order valence-corrected chi connectivity index (χ0v) is 19.6. The predicted molar refractivity (Wildman–Crippen MR) is 128 cm³/mol. The van der Waals surface area contributed by atoms with Gasteiger partial charge in [-0.3, -0.25) is 14.7 Å². The first kappa shape index (κ1) is 23.1. The van der Waals surface area contributed by atoms with E-state index in [9.17, 15) is 4.79 Å². The summed E-state index contributed by atoms with van der Waals surface area (Å²) >= 11 is 0.